The quantitative estimate of drug-likeness (QED) is 0.532. The Hall–Kier alpha value is -3.76. The molecule has 11 heteroatoms. The molecule has 28 heavy (non-hydrogen) atoms. The van der Waals surface area contributed by atoms with Crippen LogP contribution in [0.3, 0.4) is 0 Å². The third-order valence-corrected chi connectivity index (χ3v) is 3.59. The fourth-order valence-corrected chi connectivity index (χ4v) is 2.45. The van der Waals surface area contributed by atoms with Gasteiger partial charge < -0.3 is 10.1 Å². The first kappa shape index (κ1) is 17.6. The van der Waals surface area contributed by atoms with Crippen LogP contribution in [0.4, 0.5) is 29.1 Å². The largest absolute Gasteiger partial charge is 0.574 e. The number of fused-ring (bicyclic) bond motifs is 1. The Morgan fingerprint density at radius 2 is 1.89 bits per heavy atom. The standard InChI is InChI=1S/C17H10F4N6O/c18-10-9-22-7-6-11(10)24-16-13-4-2-8-27(13)26-15(25-16)12-3-1-5-14(23-12)28-17(19,20)21/h1-9H,(H,22,24,25,26). The van der Waals surface area contributed by atoms with E-state index in [1.54, 1.807) is 18.3 Å². The molecule has 0 unspecified atom stereocenters. The summed E-state index contributed by atoms with van der Waals surface area (Å²) in [4.78, 5) is 11.8. The van der Waals surface area contributed by atoms with E-state index in [2.05, 4.69) is 30.1 Å². The smallest absolute Gasteiger partial charge is 0.388 e. The highest BCUT2D eigenvalue weighted by atomic mass is 19.4. The summed E-state index contributed by atoms with van der Waals surface area (Å²) >= 11 is 0. The Kier molecular flexibility index (Phi) is 4.26. The van der Waals surface area contributed by atoms with Gasteiger partial charge in [-0.15, -0.1) is 18.3 Å². The summed E-state index contributed by atoms with van der Waals surface area (Å²) in [7, 11) is 0. The van der Waals surface area contributed by atoms with Crippen molar-refractivity contribution in [3.05, 3.63) is 60.8 Å². The lowest BCUT2D eigenvalue weighted by Crippen LogP contribution is -2.18. The fraction of sp³-hybridized carbons (Fsp3) is 0.0588. The summed E-state index contributed by atoms with van der Waals surface area (Å²) in [6, 6.07) is 8.65. The zero-order valence-electron chi connectivity index (χ0n) is 13.9. The van der Waals surface area contributed by atoms with Gasteiger partial charge in [0, 0.05) is 18.5 Å². The molecule has 0 aliphatic heterocycles. The van der Waals surface area contributed by atoms with Crippen LogP contribution in [0.2, 0.25) is 0 Å². The van der Waals surface area contributed by atoms with E-state index in [4.69, 9.17) is 0 Å². The van der Waals surface area contributed by atoms with Crippen molar-refractivity contribution in [1.82, 2.24) is 24.6 Å². The first-order chi connectivity index (χ1) is 13.4. The van der Waals surface area contributed by atoms with Crippen LogP contribution in [0, 0.1) is 5.82 Å². The van der Waals surface area contributed by atoms with Crippen molar-refractivity contribution in [1.29, 1.82) is 0 Å². The zero-order chi connectivity index (χ0) is 19.7. The van der Waals surface area contributed by atoms with Crippen molar-refractivity contribution in [2.75, 3.05) is 5.32 Å². The van der Waals surface area contributed by atoms with Crippen LogP contribution in [-0.4, -0.2) is 30.9 Å². The maximum Gasteiger partial charge on any atom is 0.574 e. The van der Waals surface area contributed by atoms with Crippen LogP contribution in [0.1, 0.15) is 0 Å². The average molecular weight is 390 g/mol. The van der Waals surface area contributed by atoms with E-state index in [0.29, 0.717) is 5.52 Å². The number of pyridine rings is 2. The molecule has 0 aliphatic carbocycles. The molecule has 0 saturated heterocycles. The lowest BCUT2D eigenvalue weighted by Gasteiger charge is -2.11. The van der Waals surface area contributed by atoms with Crippen LogP contribution < -0.4 is 10.1 Å². The van der Waals surface area contributed by atoms with Gasteiger partial charge >= 0.3 is 6.36 Å². The van der Waals surface area contributed by atoms with E-state index < -0.39 is 18.1 Å². The first-order valence-electron chi connectivity index (χ1n) is 7.84. The number of anilines is 2. The zero-order valence-corrected chi connectivity index (χ0v) is 13.9. The number of rotatable bonds is 4. The van der Waals surface area contributed by atoms with E-state index in [1.807, 2.05) is 0 Å². The van der Waals surface area contributed by atoms with E-state index in [0.717, 1.165) is 12.3 Å². The van der Waals surface area contributed by atoms with Gasteiger partial charge in [0.05, 0.1) is 11.9 Å². The summed E-state index contributed by atoms with van der Waals surface area (Å²) in [5.74, 6) is -0.973. The van der Waals surface area contributed by atoms with Crippen molar-refractivity contribution >= 4 is 17.0 Å². The minimum absolute atomic E-state index is 0.0216. The van der Waals surface area contributed by atoms with Gasteiger partial charge in [-0.05, 0) is 24.3 Å². The molecular formula is C17H10F4N6O. The molecular weight excluding hydrogens is 380 g/mol. The molecule has 4 aromatic rings. The van der Waals surface area contributed by atoms with Crippen molar-refractivity contribution < 1.29 is 22.3 Å². The first-order valence-corrected chi connectivity index (χ1v) is 7.84. The van der Waals surface area contributed by atoms with Crippen molar-refractivity contribution in [2.24, 2.45) is 0 Å². The monoisotopic (exact) mass is 390 g/mol. The second-order valence-corrected chi connectivity index (χ2v) is 5.51. The fourth-order valence-electron chi connectivity index (χ4n) is 2.45. The van der Waals surface area contributed by atoms with Crippen molar-refractivity contribution in [2.45, 2.75) is 6.36 Å². The Balaban J connectivity index is 1.77. The van der Waals surface area contributed by atoms with Crippen molar-refractivity contribution in [3.8, 4) is 17.4 Å². The Bertz CT molecular complexity index is 1140. The van der Waals surface area contributed by atoms with E-state index in [-0.39, 0.29) is 23.0 Å². The lowest BCUT2D eigenvalue weighted by atomic mass is 10.3. The maximum absolute atomic E-state index is 13.9. The molecule has 0 bridgehead atoms. The number of aromatic nitrogens is 5. The second kappa shape index (κ2) is 6.76. The molecule has 0 amide bonds. The van der Waals surface area contributed by atoms with E-state index >= 15 is 0 Å². The van der Waals surface area contributed by atoms with E-state index in [9.17, 15) is 17.6 Å². The van der Waals surface area contributed by atoms with Gasteiger partial charge in [0.15, 0.2) is 11.6 Å². The summed E-state index contributed by atoms with van der Waals surface area (Å²) in [5, 5.41) is 7.07. The van der Waals surface area contributed by atoms with Gasteiger partial charge in [-0.1, -0.05) is 6.07 Å². The maximum atomic E-state index is 13.9. The predicted molar refractivity (Wildman–Crippen MR) is 90.4 cm³/mol. The highest BCUT2D eigenvalue weighted by molar-refractivity contribution is 5.74. The third-order valence-electron chi connectivity index (χ3n) is 3.59. The molecule has 0 spiro atoms. The SMILES string of the molecule is Fc1cnccc1Nc1nc(-c2cccc(OC(F)(F)F)n2)nn2cccc12. The summed E-state index contributed by atoms with van der Waals surface area (Å²) in [5.41, 5.74) is 0.711. The molecule has 0 atom stereocenters. The number of hydrogen-bond donors (Lipinski definition) is 1. The Morgan fingerprint density at radius 1 is 1.04 bits per heavy atom. The summed E-state index contributed by atoms with van der Waals surface area (Å²) in [6.07, 6.45) is -0.811. The number of nitrogens with zero attached hydrogens (tertiary/aromatic N) is 5. The normalized spacial score (nSPS) is 11.6. The third kappa shape index (κ3) is 3.68. The highest BCUT2D eigenvalue weighted by Gasteiger charge is 2.32. The van der Waals surface area contributed by atoms with Gasteiger partial charge in [0.2, 0.25) is 11.7 Å². The average Bonchev–Trinajstić information content (AvgIpc) is 3.11. The van der Waals surface area contributed by atoms with Crippen LogP contribution >= 0.6 is 0 Å². The lowest BCUT2D eigenvalue weighted by molar-refractivity contribution is -0.276. The second-order valence-electron chi connectivity index (χ2n) is 5.51. The van der Waals surface area contributed by atoms with Gasteiger partial charge in [-0.3, -0.25) is 4.98 Å². The van der Waals surface area contributed by atoms with Gasteiger partial charge in [0.25, 0.3) is 0 Å². The Labute approximate surface area is 154 Å². The topological polar surface area (TPSA) is 77.2 Å². The van der Waals surface area contributed by atoms with Gasteiger partial charge in [-0.25, -0.2) is 18.9 Å². The highest BCUT2D eigenvalue weighted by Crippen LogP contribution is 2.26. The van der Waals surface area contributed by atoms with Gasteiger partial charge in [-0.2, -0.15) is 0 Å². The molecule has 0 aliphatic rings. The van der Waals surface area contributed by atoms with Gasteiger partial charge in [0.1, 0.15) is 11.2 Å². The molecule has 4 aromatic heterocycles. The number of alkyl halides is 3. The molecule has 0 fully saturated rings. The molecule has 1 N–H and O–H groups in total. The molecule has 0 radical (unpaired) electrons. The van der Waals surface area contributed by atoms with Crippen LogP contribution in [0.25, 0.3) is 17.0 Å². The number of hydrogen-bond acceptors (Lipinski definition) is 6. The molecule has 0 aromatic carbocycles. The Morgan fingerprint density at radius 3 is 2.68 bits per heavy atom. The van der Waals surface area contributed by atoms with Crippen LogP contribution in [0.5, 0.6) is 5.88 Å². The molecule has 7 nitrogen and oxygen atoms in total. The van der Waals surface area contributed by atoms with Crippen LogP contribution in [-0.2, 0) is 0 Å². The summed E-state index contributed by atoms with van der Waals surface area (Å²) < 4.78 is 56.5. The number of ether oxygens (including phenoxy) is 1. The molecule has 4 rings (SSSR count). The van der Waals surface area contributed by atoms with Crippen LogP contribution in [0.15, 0.2) is 55.0 Å². The number of nitrogens with one attached hydrogen (secondary N) is 1. The number of halogens is 4. The molecule has 0 saturated carbocycles. The minimum atomic E-state index is -4.87. The minimum Gasteiger partial charge on any atom is -0.388 e. The molecule has 4 heterocycles. The predicted octanol–water partition coefficient (Wildman–Crippen LogP) is 3.97. The van der Waals surface area contributed by atoms with E-state index in [1.165, 1.54) is 28.9 Å². The van der Waals surface area contributed by atoms with Crippen molar-refractivity contribution in [3.63, 3.8) is 0 Å². The molecule has 142 valence electrons. The summed E-state index contributed by atoms with van der Waals surface area (Å²) in [6.45, 7) is 0.